The lowest BCUT2D eigenvalue weighted by molar-refractivity contribution is 0.0723. The van der Waals surface area contributed by atoms with Gasteiger partial charge in [0.2, 0.25) is 5.95 Å². The highest BCUT2D eigenvalue weighted by molar-refractivity contribution is 6.32. The van der Waals surface area contributed by atoms with Crippen LogP contribution in [-0.4, -0.2) is 48.1 Å². The molecule has 2 aromatic rings. The second-order valence-corrected chi connectivity index (χ2v) is 6.37. The molecule has 2 heterocycles. The molecule has 1 aromatic heterocycles. The third kappa shape index (κ3) is 3.99. The quantitative estimate of drug-likeness (QED) is 0.860. The van der Waals surface area contributed by atoms with E-state index in [9.17, 15) is 4.79 Å². The highest BCUT2D eigenvalue weighted by atomic mass is 35.5. The minimum absolute atomic E-state index is 0.0259. The molecule has 0 spiro atoms. The van der Waals surface area contributed by atoms with Gasteiger partial charge in [-0.15, -0.1) is 0 Å². The number of rotatable bonds is 5. The van der Waals surface area contributed by atoms with Crippen molar-refractivity contribution in [3.05, 3.63) is 35.1 Å². The molecular weight excluding hydrogens is 356 g/mol. The van der Waals surface area contributed by atoms with Crippen LogP contribution < -0.4 is 14.8 Å². The molecule has 1 aromatic carbocycles. The summed E-state index contributed by atoms with van der Waals surface area (Å²) in [6.45, 7) is 1.58. The van der Waals surface area contributed by atoms with Gasteiger partial charge in [0.05, 0.1) is 30.5 Å². The van der Waals surface area contributed by atoms with Gasteiger partial charge >= 0.3 is 0 Å². The largest absolute Gasteiger partial charge is 0.495 e. The van der Waals surface area contributed by atoms with Crippen LogP contribution in [0.5, 0.6) is 11.5 Å². The standard InChI is InChI=1S/C18H21ClN4O3/c1-25-15-9-14(16(26-2)8-13(15)19)22-18-20-10-12(11-21-18)17(24)23-6-4-3-5-7-23/h8-11H,3-7H2,1-2H3,(H,20,21,22). The fraction of sp³-hybridized carbons (Fsp3) is 0.389. The number of carbonyl (C=O) groups excluding carboxylic acids is 1. The highest BCUT2D eigenvalue weighted by Gasteiger charge is 2.19. The first-order valence-corrected chi connectivity index (χ1v) is 8.80. The van der Waals surface area contributed by atoms with Crippen LogP contribution in [0.3, 0.4) is 0 Å². The van der Waals surface area contributed by atoms with Gasteiger partial charge in [0.1, 0.15) is 11.5 Å². The summed E-state index contributed by atoms with van der Waals surface area (Å²) in [6.07, 6.45) is 6.34. The molecule has 0 saturated carbocycles. The van der Waals surface area contributed by atoms with E-state index in [2.05, 4.69) is 15.3 Å². The number of carbonyl (C=O) groups is 1. The summed E-state index contributed by atoms with van der Waals surface area (Å²) in [6, 6.07) is 3.36. The molecule has 3 rings (SSSR count). The van der Waals surface area contributed by atoms with Crippen molar-refractivity contribution in [1.82, 2.24) is 14.9 Å². The Balaban J connectivity index is 1.76. The van der Waals surface area contributed by atoms with E-state index in [1.165, 1.54) is 25.9 Å². The van der Waals surface area contributed by atoms with E-state index < -0.39 is 0 Å². The lowest BCUT2D eigenvalue weighted by Crippen LogP contribution is -2.35. The lowest BCUT2D eigenvalue weighted by atomic mass is 10.1. The summed E-state index contributed by atoms with van der Waals surface area (Å²) in [5.74, 6) is 1.37. The smallest absolute Gasteiger partial charge is 0.256 e. The second-order valence-electron chi connectivity index (χ2n) is 5.96. The highest BCUT2D eigenvalue weighted by Crippen LogP contribution is 2.36. The Hall–Kier alpha value is -2.54. The summed E-state index contributed by atoms with van der Waals surface area (Å²) < 4.78 is 10.5. The van der Waals surface area contributed by atoms with Gasteiger partial charge in [0.15, 0.2) is 0 Å². The molecule has 0 bridgehead atoms. The van der Waals surface area contributed by atoms with Crippen molar-refractivity contribution in [2.75, 3.05) is 32.6 Å². The van der Waals surface area contributed by atoms with Crippen molar-refractivity contribution in [3.8, 4) is 11.5 Å². The van der Waals surface area contributed by atoms with Gasteiger partial charge in [-0.25, -0.2) is 9.97 Å². The van der Waals surface area contributed by atoms with E-state index in [4.69, 9.17) is 21.1 Å². The molecule has 0 unspecified atom stereocenters. The van der Waals surface area contributed by atoms with Crippen LogP contribution in [0, 0.1) is 0 Å². The maximum absolute atomic E-state index is 12.5. The lowest BCUT2D eigenvalue weighted by Gasteiger charge is -2.26. The van der Waals surface area contributed by atoms with Crippen LogP contribution in [-0.2, 0) is 0 Å². The fourth-order valence-electron chi connectivity index (χ4n) is 2.86. The van der Waals surface area contributed by atoms with Crippen molar-refractivity contribution in [3.63, 3.8) is 0 Å². The third-order valence-electron chi connectivity index (χ3n) is 4.26. The van der Waals surface area contributed by atoms with Crippen molar-refractivity contribution in [2.45, 2.75) is 19.3 Å². The van der Waals surface area contributed by atoms with Crippen LogP contribution in [0.2, 0.25) is 5.02 Å². The van der Waals surface area contributed by atoms with Crippen LogP contribution >= 0.6 is 11.6 Å². The molecule has 0 aliphatic carbocycles. The van der Waals surface area contributed by atoms with E-state index in [0.29, 0.717) is 33.7 Å². The Kier molecular flexibility index (Phi) is 5.78. The molecular formula is C18H21ClN4O3. The Morgan fingerprint density at radius 1 is 1.08 bits per heavy atom. The van der Waals surface area contributed by atoms with Gasteiger partial charge < -0.3 is 19.7 Å². The zero-order chi connectivity index (χ0) is 18.5. The van der Waals surface area contributed by atoms with Gasteiger partial charge in [0, 0.05) is 37.6 Å². The molecule has 0 atom stereocenters. The molecule has 1 aliphatic heterocycles. The zero-order valence-corrected chi connectivity index (χ0v) is 15.5. The number of methoxy groups -OCH3 is 2. The first-order chi connectivity index (χ1) is 12.6. The molecule has 7 nitrogen and oxygen atoms in total. The predicted octanol–water partition coefficient (Wildman–Crippen LogP) is 3.52. The number of anilines is 2. The molecule has 8 heteroatoms. The predicted molar refractivity (Wildman–Crippen MR) is 99.6 cm³/mol. The number of benzene rings is 1. The maximum atomic E-state index is 12.5. The second kappa shape index (κ2) is 8.23. The van der Waals surface area contributed by atoms with E-state index in [1.807, 2.05) is 4.90 Å². The fourth-order valence-corrected chi connectivity index (χ4v) is 3.09. The van der Waals surface area contributed by atoms with E-state index >= 15 is 0 Å². The SMILES string of the molecule is COc1cc(Nc2ncc(C(=O)N3CCCCC3)cn2)c(OC)cc1Cl. The van der Waals surface area contributed by atoms with Crippen molar-refractivity contribution >= 4 is 29.1 Å². The number of likely N-dealkylation sites (tertiary alicyclic amines) is 1. The summed E-state index contributed by atoms with van der Waals surface area (Å²) >= 11 is 6.11. The number of piperidine rings is 1. The minimum Gasteiger partial charge on any atom is -0.495 e. The monoisotopic (exact) mass is 376 g/mol. The topological polar surface area (TPSA) is 76.6 Å². The van der Waals surface area contributed by atoms with E-state index in [1.54, 1.807) is 19.2 Å². The number of hydrogen-bond acceptors (Lipinski definition) is 6. The van der Waals surface area contributed by atoms with Gasteiger partial charge in [-0.1, -0.05) is 11.6 Å². The average Bonchev–Trinajstić information content (AvgIpc) is 2.69. The van der Waals surface area contributed by atoms with Gasteiger partial charge in [-0.2, -0.15) is 0 Å². The number of halogens is 1. The first kappa shape index (κ1) is 18.3. The Morgan fingerprint density at radius 3 is 2.35 bits per heavy atom. The Bertz CT molecular complexity index is 777. The van der Waals surface area contributed by atoms with Gasteiger partial charge in [-0.3, -0.25) is 4.79 Å². The number of nitrogens with zero attached hydrogens (tertiary/aromatic N) is 3. The minimum atomic E-state index is -0.0259. The Labute approximate surface area is 157 Å². The van der Waals surface area contributed by atoms with Crippen molar-refractivity contribution in [2.24, 2.45) is 0 Å². The molecule has 0 radical (unpaired) electrons. The summed E-state index contributed by atoms with van der Waals surface area (Å²) in [5, 5.41) is 3.50. The maximum Gasteiger partial charge on any atom is 0.256 e. The summed E-state index contributed by atoms with van der Waals surface area (Å²) in [7, 11) is 3.08. The van der Waals surface area contributed by atoms with E-state index in [-0.39, 0.29) is 5.91 Å². The number of amides is 1. The molecule has 26 heavy (non-hydrogen) atoms. The molecule has 1 aliphatic rings. The third-order valence-corrected chi connectivity index (χ3v) is 4.56. The van der Waals surface area contributed by atoms with Crippen LogP contribution in [0.15, 0.2) is 24.5 Å². The normalized spacial score (nSPS) is 14.0. The van der Waals surface area contributed by atoms with Crippen LogP contribution in [0.1, 0.15) is 29.6 Å². The summed E-state index contributed by atoms with van der Waals surface area (Å²) in [4.78, 5) is 22.8. The molecule has 138 valence electrons. The number of ether oxygens (including phenoxy) is 2. The van der Waals surface area contributed by atoms with Crippen LogP contribution in [0.4, 0.5) is 11.6 Å². The first-order valence-electron chi connectivity index (χ1n) is 8.42. The zero-order valence-electron chi connectivity index (χ0n) is 14.8. The molecule has 1 saturated heterocycles. The van der Waals surface area contributed by atoms with Crippen LogP contribution in [0.25, 0.3) is 0 Å². The van der Waals surface area contributed by atoms with Crippen molar-refractivity contribution < 1.29 is 14.3 Å². The van der Waals surface area contributed by atoms with E-state index in [0.717, 1.165) is 25.9 Å². The molecule has 1 N–H and O–H groups in total. The average molecular weight is 377 g/mol. The van der Waals surface area contributed by atoms with Crippen molar-refractivity contribution in [1.29, 1.82) is 0 Å². The van der Waals surface area contributed by atoms with Gasteiger partial charge in [-0.05, 0) is 19.3 Å². The number of aromatic nitrogens is 2. The molecule has 1 fully saturated rings. The number of hydrogen-bond donors (Lipinski definition) is 1. The Morgan fingerprint density at radius 2 is 1.73 bits per heavy atom. The summed E-state index contributed by atoms with van der Waals surface area (Å²) in [5.41, 5.74) is 1.10. The molecule has 1 amide bonds. The number of nitrogens with one attached hydrogen (secondary N) is 1. The van der Waals surface area contributed by atoms with Gasteiger partial charge in [0.25, 0.3) is 5.91 Å².